The first kappa shape index (κ1) is 29.2. The van der Waals surface area contributed by atoms with E-state index in [4.69, 9.17) is 9.47 Å². The van der Waals surface area contributed by atoms with Crippen molar-refractivity contribution >= 4 is 21.3 Å². The SMILES string of the molecule is CCNC(=O)C1CC2=C(c3cc(S(=O)(=O)CC)ccc3Oc3c(C)cccc3CN3CCOCC3)CN(C)C=C2N1. The van der Waals surface area contributed by atoms with Crippen molar-refractivity contribution in [1.29, 1.82) is 0 Å². The first-order valence-electron chi connectivity index (χ1n) is 14.3. The summed E-state index contributed by atoms with van der Waals surface area (Å²) in [7, 11) is -1.48. The zero-order valence-electron chi connectivity index (χ0n) is 24.3. The molecule has 220 valence electrons. The number of allylic oxidation sites excluding steroid dienone is 1. The molecule has 5 rings (SSSR count). The van der Waals surface area contributed by atoms with Crippen molar-refractivity contribution in [2.24, 2.45) is 0 Å². The van der Waals surface area contributed by atoms with Gasteiger partial charge in [0.2, 0.25) is 5.91 Å². The number of sulfone groups is 1. The highest BCUT2D eigenvalue weighted by Crippen LogP contribution is 2.42. The van der Waals surface area contributed by atoms with Crippen LogP contribution in [0.25, 0.3) is 5.57 Å². The van der Waals surface area contributed by atoms with E-state index in [0.717, 1.165) is 58.9 Å². The highest BCUT2D eigenvalue weighted by molar-refractivity contribution is 7.91. The standard InChI is InChI=1S/C31H40N4O5S/c1-5-32-31(36)27-17-24-26(19-34(4)20-28(24)33-27)25-16-23(41(37,38)6-2)10-11-29(25)40-30-21(3)8-7-9-22(30)18-35-12-14-39-15-13-35/h7-11,16,20,27,33H,5-6,12-15,17-19H2,1-4H3,(H,32,36). The van der Waals surface area contributed by atoms with Crippen LogP contribution >= 0.6 is 0 Å². The molecule has 0 spiro atoms. The number of nitrogens with one attached hydrogen (secondary N) is 2. The molecule has 10 heteroatoms. The number of amides is 1. The Morgan fingerprint density at radius 1 is 1.15 bits per heavy atom. The fourth-order valence-corrected chi connectivity index (χ4v) is 6.55. The number of hydrogen-bond acceptors (Lipinski definition) is 8. The minimum atomic E-state index is -3.46. The molecule has 41 heavy (non-hydrogen) atoms. The predicted octanol–water partition coefficient (Wildman–Crippen LogP) is 3.45. The summed E-state index contributed by atoms with van der Waals surface area (Å²) in [5.41, 5.74) is 5.64. The van der Waals surface area contributed by atoms with Gasteiger partial charge in [0.25, 0.3) is 0 Å². The molecule has 2 saturated heterocycles. The molecule has 2 aromatic carbocycles. The molecule has 0 saturated carbocycles. The molecule has 3 aliphatic heterocycles. The van der Waals surface area contributed by atoms with Crippen molar-refractivity contribution in [1.82, 2.24) is 20.4 Å². The summed E-state index contributed by atoms with van der Waals surface area (Å²) in [4.78, 5) is 17.4. The van der Waals surface area contributed by atoms with Crippen molar-refractivity contribution in [2.45, 2.75) is 44.7 Å². The molecule has 2 N–H and O–H groups in total. The number of nitrogens with zero attached hydrogens (tertiary/aromatic N) is 2. The lowest BCUT2D eigenvalue weighted by Crippen LogP contribution is -2.39. The lowest BCUT2D eigenvalue weighted by molar-refractivity contribution is -0.122. The van der Waals surface area contributed by atoms with E-state index >= 15 is 0 Å². The number of morpholine rings is 1. The summed E-state index contributed by atoms with van der Waals surface area (Å²) >= 11 is 0. The van der Waals surface area contributed by atoms with Crippen molar-refractivity contribution in [3.8, 4) is 11.5 Å². The molecule has 1 amide bonds. The lowest BCUT2D eigenvalue weighted by atomic mass is 9.93. The first-order chi connectivity index (χ1) is 19.7. The van der Waals surface area contributed by atoms with E-state index in [0.29, 0.717) is 38.5 Å². The van der Waals surface area contributed by atoms with Crippen LogP contribution in [0, 0.1) is 6.92 Å². The molecule has 9 nitrogen and oxygen atoms in total. The maximum absolute atomic E-state index is 13.0. The number of fused-ring (bicyclic) bond motifs is 1. The van der Waals surface area contributed by atoms with Gasteiger partial charge in [-0.05, 0) is 48.8 Å². The van der Waals surface area contributed by atoms with Gasteiger partial charge in [-0.1, -0.05) is 25.1 Å². The second-order valence-electron chi connectivity index (χ2n) is 10.8. The van der Waals surface area contributed by atoms with Crippen LogP contribution in [-0.4, -0.2) is 82.4 Å². The molecule has 0 radical (unpaired) electrons. The average Bonchev–Trinajstić information content (AvgIpc) is 3.39. The number of aryl methyl sites for hydroxylation is 1. The minimum absolute atomic E-state index is 0.00587. The van der Waals surface area contributed by atoms with E-state index in [9.17, 15) is 13.2 Å². The summed E-state index contributed by atoms with van der Waals surface area (Å²) in [5.74, 6) is 1.33. The highest BCUT2D eigenvalue weighted by Gasteiger charge is 2.34. The molecule has 0 aliphatic carbocycles. The molecule has 1 atom stereocenters. The van der Waals surface area contributed by atoms with Gasteiger partial charge in [-0.3, -0.25) is 9.69 Å². The fraction of sp³-hybridized carbons (Fsp3) is 0.452. The van der Waals surface area contributed by atoms with Gasteiger partial charge >= 0.3 is 0 Å². The van der Waals surface area contributed by atoms with E-state index in [1.54, 1.807) is 25.1 Å². The highest BCUT2D eigenvalue weighted by atomic mass is 32.2. The van der Waals surface area contributed by atoms with Crippen LogP contribution in [0.1, 0.15) is 37.0 Å². The smallest absolute Gasteiger partial charge is 0.242 e. The number of rotatable bonds is 9. The number of carbonyl (C=O) groups is 1. The van der Waals surface area contributed by atoms with Crippen LogP contribution in [0.4, 0.5) is 0 Å². The van der Waals surface area contributed by atoms with Gasteiger partial charge in [-0.25, -0.2) is 8.42 Å². The zero-order chi connectivity index (χ0) is 29.1. The number of benzene rings is 2. The maximum atomic E-state index is 13.0. The normalized spacial score (nSPS) is 19.5. The van der Waals surface area contributed by atoms with Crippen molar-refractivity contribution in [3.05, 3.63) is 70.6 Å². The molecule has 2 fully saturated rings. The van der Waals surface area contributed by atoms with E-state index < -0.39 is 9.84 Å². The molecule has 2 aromatic rings. The Morgan fingerprint density at radius 3 is 2.66 bits per heavy atom. The Kier molecular flexibility index (Phi) is 8.72. The summed E-state index contributed by atoms with van der Waals surface area (Å²) in [6.07, 6.45) is 2.52. The molecular formula is C31H40N4O5S. The lowest BCUT2D eigenvalue weighted by Gasteiger charge is -2.28. The molecular weight excluding hydrogens is 540 g/mol. The quantitative estimate of drug-likeness (QED) is 0.466. The number of para-hydroxylation sites is 1. The van der Waals surface area contributed by atoms with Crippen molar-refractivity contribution in [2.75, 3.05) is 52.2 Å². The molecule has 0 aromatic heterocycles. The Labute approximate surface area is 243 Å². The zero-order valence-corrected chi connectivity index (χ0v) is 25.1. The second-order valence-corrected chi connectivity index (χ2v) is 13.1. The summed E-state index contributed by atoms with van der Waals surface area (Å²) in [5, 5.41) is 6.28. The average molecular weight is 581 g/mol. The van der Waals surface area contributed by atoms with Gasteiger partial charge in [-0.2, -0.15) is 0 Å². The van der Waals surface area contributed by atoms with Gasteiger partial charge in [-0.15, -0.1) is 0 Å². The Morgan fingerprint density at radius 2 is 1.93 bits per heavy atom. The van der Waals surface area contributed by atoms with Gasteiger partial charge in [0.1, 0.15) is 17.5 Å². The number of hydrogen-bond donors (Lipinski definition) is 2. The summed E-state index contributed by atoms with van der Waals surface area (Å²) in [6.45, 7) is 10.6. The van der Waals surface area contributed by atoms with Crippen molar-refractivity contribution < 1.29 is 22.7 Å². The van der Waals surface area contributed by atoms with Crippen LogP contribution in [0.2, 0.25) is 0 Å². The Hall–Kier alpha value is -3.34. The van der Waals surface area contributed by atoms with Gasteiger partial charge in [0.05, 0.1) is 29.6 Å². The van der Waals surface area contributed by atoms with Gasteiger partial charge in [0, 0.05) is 63.5 Å². The molecule has 0 bridgehead atoms. The monoisotopic (exact) mass is 580 g/mol. The maximum Gasteiger partial charge on any atom is 0.242 e. The molecule has 3 aliphatic rings. The van der Waals surface area contributed by atoms with Crippen molar-refractivity contribution in [3.63, 3.8) is 0 Å². The third-order valence-electron chi connectivity index (χ3n) is 7.87. The van der Waals surface area contributed by atoms with Crippen LogP contribution < -0.4 is 15.4 Å². The molecule has 1 unspecified atom stereocenters. The number of likely N-dealkylation sites (N-methyl/N-ethyl adjacent to an activating group) is 2. The van der Waals surface area contributed by atoms with E-state index in [2.05, 4.69) is 21.6 Å². The summed E-state index contributed by atoms with van der Waals surface area (Å²) in [6, 6.07) is 10.9. The fourth-order valence-electron chi connectivity index (χ4n) is 5.64. The minimum Gasteiger partial charge on any atom is -0.456 e. The van der Waals surface area contributed by atoms with Crippen LogP contribution in [0.3, 0.4) is 0 Å². The Balaban J connectivity index is 1.59. The third-order valence-corrected chi connectivity index (χ3v) is 9.60. The topological polar surface area (TPSA) is 100 Å². The first-order valence-corrected chi connectivity index (χ1v) is 16.0. The van der Waals surface area contributed by atoms with E-state index in [1.165, 1.54) is 0 Å². The van der Waals surface area contributed by atoms with Crippen LogP contribution in [0.5, 0.6) is 11.5 Å². The van der Waals surface area contributed by atoms with Crippen LogP contribution in [-0.2, 0) is 25.9 Å². The third kappa shape index (κ3) is 6.29. The van der Waals surface area contributed by atoms with E-state index in [1.807, 2.05) is 44.1 Å². The molecule has 3 heterocycles. The largest absolute Gasteiger partial charge is 0.456 e. The predicted molar refractivity (Wildman–Crippen MR) is 159 cm³/mol. The van der Waals surface area contributed by atoms with Crippen LogP contribution in [0.15, 0.2) is 58.8 Å². The van der Waals surface area contributed by atoms with Gasteiger partial charge < -0.3 is 25.0 Å². The van der Waals surface area contributed by atoms with E-state index in [-0.39, 0.29) is 22.6 Å². The number of ether oxygens (including phenoxy) is 2. The summed E-state index contributed by atoms with van der Waals surface area (Å²) < 4.78 is 38.2. The number of carbonyl (C=O) groups excluding carboxylic acids is 1. The second kappa shape index (κ2) is 12.3. The van der Waals surface area contributed by atoms with Gasteiger partial charge in [0.15, 0.2) is 9.84 Å². The Bertz CT molecular complexity index is 1480.